The minimum Gasteiger partial charge on any atom is -0.280 e. The van der Waals surface area contributed by atoms with Gasteiger partial charge in [-0.15, -0.1) is 0 Å². The van der Waals surface area contributed by atoms with Crippen LogP contribution < -0.4 is 0 Å². The second-order valence-corrected chi connectivity index (χ2v) is 9.99. The Morgan fingerprint density at radius 1 is 0.931 bits per heavy atom. The average molecular weight is 407 g/mol. The Balaban J connectivity index is 1.98. The molecule has 148 valence electrons. The van der Waals surface area contributed by atoms with Gasteiger partial charge in [-0.1, -0.05) is 57.2 Å². The van der Waals surface area contributed by atoms with Gasteiger partial charge in [0, 0.05) is 35.3 Å². The smallest absolute Gasteiger partial charge is 0.248 e. The highest BCUT2D eigenvalue weighted by molar-refractivity contribution is 7.90. The van der Waals surface area contributed by atoms with Gasteiger partial charge in [-0.05, 0) is 22.9 Å². The number of aromatic nitrogens is 4. The molecule has 6 nitrogen and oxygen atoms in total. The van der Waals surface area contributed by atoms with Crippen molar-refractivity contribution in [2.24, 2.45) is 0 Å². The summed E-state index contributed by atoms with van der Waals surface area (Å²) in [4.78, 5) is 12.9. The summed E-state index contributed by atoms with van der Waals surface area (Å²) in [5, 5.41) is 2.05. The predicted octanol–water partition coefficient (Wildman–Crippen LogP) is 4.18. The Hall–Kier alpha value is -3.06. The Kier molecular flexibility index (Phi) is 4.50. The van der Waals surface area contributed by atoms with Gasteiger partial charge < -0.3 is 0 Å². The molecular weight excluding hydrogens is 384 g/mol. The molecule has 0 saturated heterocycles. The lowest BCUT2D eigenvalue weighted by atomic mass is 9.92. The monoisotopic (exact) mass is 406 g/mol. The van der Waals surface area contributed by atoms with Crippen LogP contribution in [0.15, 0.2) is 66.1 Å². The zero-order valence-electron chi connectivity index (χ0n) is 16.8. The largest absolute Gasteiger partial charge is 0.280 e. The topological polar surface area (TPSA) is 77.7 Å². The molecule has 0 saturated carbocycles. The Morgan fingerprint density at radius 2 is 1.66 bits per heavy atom. The van der Waals surface area contributed by atoms with Gasteiger partial charge in [0.25, 0.3) is 0 Å². The molecule has 4 aromatic rings. The number of nitrogens with zero attached hydrogens (tertiary/aromatic N) is 4. The SMILES string of the molecule is CC(C)(C)c1cnc(-c2ccc3ccccc3c2)n1-c1ccnc(S(C)(=O)=O)n1. The molecule has 2 heterocycles. The van der Waals surface area contributed by atoms with Gasteiger partial charge in [-0.2, -0.15) is 0 Å². The normalized spacial score (nSPS) is 12.4. The molecule has 0 bridgehead atoms. The van der Waals surface area contributed by atoms with Crippen molar-refractivity contribution in [1.29, 1.82) is 0 Å². The van der Waals surface area contributed by atoms with Crippen LogP contribution in [0.3, 0.4) is 0 Å². The molecule has 0 N–H and O–H groups in total. The van der Waals surface area contributed by atoms with Crippen LogP contribution in [0.4, 0.5) is 0 Å². The molecular formula is C22H22N4O2S. The third-order valence-electron chi connectivity index (χ3n) is 4.72. The first-order chi connectivity index (χ1) is 13.6. The minimum atomic E-state index is -3.53. The van der Waals surface area contributed by atoms with Crippen molar-refractivity contribution in [3.05, 3.63) is 66.6 Å². The summed E-state index contributed by atoms with van der Waals surface area (Å²) in [5.74, 6) is 1.19. The van der Waals surface area contributed by atoms with E-state index in [-0.39, 0.29) is 10.6 Å². The van der Waals surface area contributed by atoms with Gasteiger partial charge in [0.15, 0.2) is 0 Å². The van der Waals surface area contributed by atoms with Gasteiger partial charge in [0.05, 0.1) is 0 Å². The third-order valence-corrected chi connectivity index (χ3v) is 5.58. The predicted molar refractivity (Wildman–Crippen MR) is 114 cm³/mol. The second-order valence-electron chi connectivity index (χ2n) is 8.08. The summed E-state index contributed by atoms with van der Waals surface area (Å²) in [5.41, 5.74) is 1.63. The number of hydrogen-bond donors (Lipinski definition) is 0. The number of imidazole rings is 1. The minimum absolute atomic E-state index is 0.201. The highest BCUT2D eigenvalue weighted by Gasteiger charge is 2.25. The van der Waals surface area contributed by atoms with E-state index in [9.17, 15) is 8.42 Å². The molecule has 2 aromatic carbocycles. The number of rotatable bonds is 3. The standard InChI is InChI=1S/C22H22N4O2S/c1-22(2,3)18-14-24-20(17-10-9-15-7-5-6-8-16(15)13-17)26(18)19-11-12-23-21(25-19)29(4,27)28/h5-14H,1-4H3. The summed E-state index contributed by atoms with van der Waals surface area (Å²) in [7, 11) is -3.53. The fourth-order valence-electron chi connectivity index (χ4n) is 3.28. The Labute approximate surface area is 170 Å². The third kappa shape index (κ3) is 3.65. The van der Waals surface area contributed by atoms with Gasteiger partial charge in [-0.3, -0.25) is 4.57 Å². The first kappa shape index (κ1) is 19.3. The second kappa shape index (κ2) is 6.77. The lowest BCUT2D eigenvalue weighted by molar-refractivity contribution is 0.554. The van der Waals surface area contributed by atoms with Crippen molar-refractivity contribution in [2.45, 2.75) is 31.3 Å². The lowest BCUT2D eigenvalue weighted by Crippen LogP contribution is -2.18. The highest BCUT2D eigenvalue weighted by atomic mass is 32.2. The molecule has 0 amide bonds. The zero-order valence-corrected chi connectivity index (χ0v) is 17.6. The summed E-state index contributed by atoms with van der Waals surface area (Å²) < 4.78 is 25.9. The maximum absolute atomic E-state index is 12.0. The van der Waals surface area contributed by atoms with E-state index in [1.807, 2.05) is 29.0 Å². The summed E-state index contributed by atoms with van der Waals surface area (Å²) in [6, 6.07) is 16.0. The van der Waals surface area contributed by atoms with Crippen molar-refractivity contribution in [3.8, 4) is 17.2 Å². The van der Waals surface area contributed by atoms with Gasteiger partial charge >= 0.3 is 0 Å². The molecule has 0 spiro atoms. The van der Waals surface area contributed by atoms with Crippen molar-refractivity contribution < 1.29 is 8.42 Å². The Morgan fingerprint density at radius 3 is 2.34 bits per heavy atom. The summed E-state index contributed by atoms with van der Waals surface area (Å²) in [6.07, 6.45) is 4.40. The van der Waals surface area contributed by atoms with Crippen molar-refractivity contribution in [2.75, 3.05) is 6.26 Å². The van der Waals surface area contributed by atoms with Crippen LogP contribution in [-0.4, -0.2) is 34.2 Å². The van der Waals surface area contributed by atoms with E-state index in [0.29, 0.717) is 11.6 Å². The summed E-state index contributed by atoms with van der Waals surface area (Å²) in [6.45, 7) is 6.26. The van der Waals surface area contributed by atoms with Crippen LogP contribution in [0.5, 0.6) is 0 Å². The van der Waals surface area contributed by atoms with E-state index in [4.69, 9.17) is 0 Å². The number of fused-ring (bicyclic) bond motifs is 1. The maximum atomic E-state index is 12.0. The van der Waals surface area contributed by atoms with Gasteiger partial charge in [0.2, 0.25) is 15.0 Å². The molecule has 29 heavy (non-hydrogen) atoms. The molecule has 0 aliphatic heterocycles. The summed E-state index contributed by atoms with van der Waals surface area (Å²) >= 11 is 0. The van der Waals surface area contributed by atoms with Crippen LogP contribution in [0, 0.1) is 0 Å². The van der Waals surface area contributed by atoms with Crippen molar-refractivity contribution in [1.82, 2.24) is 19.5 Å². The van der Waals surface area contributed by atoms with Crippen LogP contribution >= 0.6 is 0 Å². The lowest BCUT2D eigenvalue weighted by Gasteiger charge is -2.21. The van der Waals surface area contributed by atoms with E-state index in [1.165, 1.54) is 6.20 Å². The number of benzene rings is 2. The molecule has 0 aliphatic carbocycles. The van der Waals surface area contributed by atoms with E-state index >= 15 is 0 Å². The van der Waals surface area contributed by atoms with Crippen molar-refractivity contribution >= 4 is 20.6 Å². The first-order valence-electron chi connectivity index (χ1n) is 9.25. The van der Waals surface area contributed by atoms with Crippen molar-refractivity contribution in [3.63, 3.8) is 0 Å². The zero-order chi connectivity index (χ0) is 20.8. The average Bonchev–Trinajstić information content (AvgIpc) is 3.13. The van der Waals surface area contributed by atoms with E-state index in [1.54, 1.807) is 6.07 Å². The van der Waals surface area contributed by atoms with Crippen LogP contribution in [0.2, 0.25) is 0 Å². The molecule has 0 unspecified atom stereocenters. The van der Waals surface area contributed by atoms with Crippen LogP contribution in [0.25, 0.3) is 28.0 Å². The molecule has 0 atom stereocenters. The van der Waals surface area contributed by atoms with Crippen LogP contribution in [0.1, 0.15) is 26.5 Å². The molecule has 0 fully saturated rings. The quantitative estimate of drug-likeness (QED) is 0.477. The fourth-order valence-corrected chi connectivity index (χ4v) is 3.79. The first-order valence-corrected chi connectivity index (χ1v) is 11.1. The van der Waals surface area contributed by atoms with Gasteiger partial charge in [-0.25, -0.2) is 23.4 Å². The molecule has 2 aromatic heterocycles. The molecule has 0 radical (unpaired) electrons. The molecule has 4 rings (SSSR count). The molecule has 0 aliphatic rings. The van der Waals surface area contributed by atoms with E-state index in [2.05, 4.69) is 60.0 Å². The van der Waals surface area contributed by atoms with E-state index in [0.717, 1.165) is 28.3 Å². The maximum Gasteiger partial charge on any atom is 0.248 e. The van der Waals surface area contributed by atoms with E-state index < -0.39 is 9.84 Å². The van der Waals surface area contributed by atoms with Crippen LogP contribution in [-0.2, 0) is 15.3 Å². The number of hydrogen-bond acceptors (Lipinski definition) is 5. The molecule has 7 heteroatoms. The Bertz CT molecular complexity index is 1320. The van der Waals surface area contributed by atoms with Gasteiger partial charge in [0.1, 0.15) is 11.6 Å². The number of sulfone groups is 1. The highest BCUT2D eigenvalue weighted by Crippen LogP contribution is 2.32. The fraction of sp³-hybridized carbons (Fsp3) is 0.227.